The van der Waals surface area contributed by atoms with Crippen molar-refractivity contribution < 1.29 is 30.7 Å². The van der Waals surface area contributed by atoms with Crippen LogP contribution in [0.5, 0.6) is 0 Å². The van der Waals surface area contributed by atoms with Gasteiger partial charge in [-0.25, -0.2) is 0 Å². The van der Waals surface area contributed by atoms with Gasteiger partial charge in [-0.05, 0) is 0 Å². The van der Waals surface area contributed by atoms with Crippen molar-refractivity contribution in [2.75, 3.05) is 31.2 Å². The molecule has 0 spiro atoms. The molecular weight excluding hydrogens is 970 g/mol. The number of benzene rings is 1. The molecule has 2 aromatic rings. The molecule has 1 aromatic carbocycles. The number of anilines is 1. The van der Waals surface area contributed by atoms with Gasteiger partial charge in [-0.3, -0.25) is 0 Å². The van der Waals surface area contributed by atoms with Crippen LogP contribution >= 0.6 is 21.0 Å². The Hall–Kier alpha value is -3.71. The minimum absolute atomic E-state index is 0. The number of nitrogens with one attached hydrogen (secondary N) is 1. The quantitative estimate of drug-likeness (QED) is 0.266. The Bertz CT molecular complexity index is 1580. The maximum atomic E-state index is 13.8. The van der Waals surface area contributed by atoms with E-state index in [1.807, 2.05) is 53.1 Å². The van der Waals surface area contributed by atoms with Gasteiger partial charge in [0.05, 0.1) is 0 Å². The summed E-state index contributed by atoms with van der Waals surface area (Å²) in [6.07, 6.45) is 18.2. The van der Waals surface area contributed by atoms with E-state index in [1.165, 1.54) is 3.58 Å². The monoisotopic (exact) mass is 995 g/mol. The van der Waals surface area contributed by atoms with Gasteiger partial charge in [0, 0.05) is 0 Å². The molecule has 1 N–H and O–H groups in total. The molecule has 8 nitrogen and oxygen atoms in total. The van der Waals surface area contributed by atoms with Crippen LogP contribution in [-0.2, 0) is 16.1 Å². The topological polar surface area (TPSA) is 88.8 Å². The van der Waals surface area contributed by atoms with Gasteiger partial charge in [-0.15, -0.1) is 0 Å². The minimum atomic E-state index is -0.734. The largest absolute Gasteiger partial charge is 0 e. The summed E-state index contributed by atoms with van der Waals surface area (Å²) < 4.78 is 15.2. The van der Waals surface area contributed by atoms with Gasteiger partial charge in [0.15, 0.2) is 0 Å². The van der Waals surface area contributed by atoms with Crippen LogP contribution in [0.25, 0.3) is 10.9 Å². The van der Waals surface area contributed by atoms with Gasteiger partial charge >= 0.3 is 242 Å². The van der Waals surface area contributed by atoms with Crippen LogP contribution in [-0.4, -0.2) is 41.8 Å². The van der Waals surface area contributed by atoms with Crippen LogP contribution in [0.2, 0.25) is 0 Å². The summed E-state index contributed by atoms with van der Waals surface area (Å²) in [4.78, 5) is 33.0. The van der Waals surface area contributed by atoms with E-state index in [0.29, 0.717) is 38.0 Å². The third kappa shape index (κ3) is 5.98. The number of carbonyl (C=O) groups is 1. The second kappa shape index (κ2) is 12.0. The number of aromatic nitrogens is 2. The normalized spacial score (nSPS) is 22.5. The van der Waals surface area contributed by atoms with Crippen molar-refractivity contribution in [3.8, 4) is 0 Å². The number of allylic oxidation sites excluding steroid dienone is 10. The van der Waals surface area contributed by atoms with Crippen molar-refractivity contribution in [2.45, 2.75) is 19.4 Å². The van der Waals surface area contributed by atoms with Crippen LogP contribution in [0.1, 0.15) is 12.8 Å². The first kappa shape index (κ1) is 26.9. The Morgan fingerprint density at radius 2 is 2.03 bits per heavy atom. The Labute approximate surface area is 240 Å². The fraction of sp³-hybridized carbons (Fsp3) is 0.250. The molecule has 1 aromatic heterocycles. The molecule has 39 heavy (non-hydrogen) atoms. The molecule has 11 heteroatoms. The number of amides is 1. The van der Waals surface area contributed by atoms with Crippen LogP contribution in [0.15, 0.2) is 87.2 Å². The summed E-state index contributed by atoms with van der Waals surface area (Å²) in [7, 11) is 0. The third-order valence-electron chi connectivity index (χ3n) is 6.39. The number of fused-ring (bicyclic) bond motifs is 1. The number of nitrogens with zero attached hydrogens (tertiary/aromatic N) is 4. The second-order valence-electron chi connectivity index (χ2n) is 8.94. The van der Waals surface area contributed by atoms with Crippen LogP contribution in [0.4, 0.5) is 5.69 Å². The SMILES string of the molecule is O=C1CC2=C(C=C(CCn3c([I-]C4=C/C=C\C=C/[C-]=C\4)nc4cc(N5CCOCC5)ccc4c3=O)I=N2)N1.[Lr]. The average molecular weight is 995 g/mol. The zero-order chi connectivity index (χ0) is 25.9. The van der Waals surface area contributed by atoms with E-state index in [-0.39, 0.29) is 11.5 Å². The molecule has 1 fully saturated rings. The maximum absolute atomic E-state index is 13.8. The summed E-state index contributed by atoms with van der Waals surface area (Å²) in [5.41, 5.74) is 3.50. The molecule has 4 aliphatic rings. The third-order valence-corrected chi connectivity index (χ3v) is 11.3. The van der Waals surface area contributed by atoms with E-state index in [4.69, 9.17) is 9.72 Å². The van der Waals surface area contributed by atoms with Gasteiger partial charge in [-0.1, -0.05) is 0 Å². The fourth-order valence-electron chi connectivity index (χ4n) is 4.45. The zero-order valence-electron chi connectivity index (χ0n) is 20.8. The molecule has 1 radical (unpaired) electrons. The molecule has 0 atom stereocenters. The predicted molar refractivity (Wildman–Crippen MR) is 151 cm³/mol. The Balaban J connectivity index is 0.00000308. The fourth-order valence-corrected chi connectivity index (χ4v) is 8.83. The predicted octanol–water partition coefficient (Wildman–Crippen LogP) is 1.03. The number of hydrogen-bond acceptors (Lipinski definition) is 6. The Morgan fingerprint density at radius 3 is 2.90 bits per heavy atom. The number of carbonyl (C=O) groups excluding carboxylic acids is 1. The maximum Gasteiger partial charge on any atom is 0 e. The van der Waals surface area contributed by atoms with Crippen LogP contribution in [0, 0.1) is 9.91 Å². The summed E-state index contributed by atoms with van der Waals surface area (Å²) in [5.74, 6) is -0.0000718. The summed E-state index contributed by atoms with van der Waals surface area (Å²) in [6, 6.07) is 5.98. The van der Waals surface area contributed by atoms with E-state index in [9.17, 15) is 9.59 Å². The van der Waals surface area contributed by atoms with Gasteiger partial charge in [0.25, 0.3) is 0 Å². The summed E-state index contributed by atoms with van der Waals surface area (Å²) in [6.45, 7) is 3.61. The van der Waals surface area contributed by atoms with Gasteiger partial charge in [0.1, 0.15) is 0 Å². The standard InChI is InChI=1S/C28H25I2N5O3.Lr/c36-26-18-25-24(31-26)16-20(30-33-25)10-11-35-27(37)22-9-8-21(34-12-14-38-15-13-34)17-23(22)32-28(35)29-19-6-4-2-1-3-5-7-19;/h1-4,6-9,16-17H,10-15,18H2,(H,31,36);/q-2;/b2-1?,3-1-,4-2-,6-4?,19-6+,19-7?;. The minimum Gasteiger partial charge on any atom is 0 e. The molecule has 0 saturated carbocycles. The van der Waals surface area contributed by atoms with Crippen molar-refractivity contribution in [1.29, 1.82) is 0 Å². The van der Waals surface area contributed by atoms with E-state index in [1.54, 1.807) is 0 Å². The van der Waals surface area contributed by atoms with Crippen LogP contribution < -0.4 is 37.0 Å². The van der Waals surface area contributed by atoms with E-state index in [2.05, 4.69) is 31.6 Å². The smallest absolute Gasteiger partial charge is 0 e. The van der Waals surface area contributed by atoms with Crippen molar-refractivity contribution in [3.63, 3.8) is 0 Å². The summed E-state index contributed by atoms with van der Waals surface area (Å²) in [5, 5.41) is 3.53. The van der Waals surface area contributed by atoms with Crippen molar-refractivity contribution >= 4 is 43.5 Å². The molecular formula is C28H25I2LrN5O3-2. The number of hydrogen-bond donors (Lipinski definition) is 1. The van der Waals surface area contributed by atoms with Crippen LogP contribution in [0.3, 0.4) is 0 Å². The van der Waals surface area contributed by atoms with Gasteiger partial charge in [0.2, 0.25) is 0 Å². The number of halogens is 2. The van der Waals surface area contributed by atoms with Crippen molar-refractivity contribution in [3.05, 3.63) is 99.5 Å². The van der Waals surface area contributed by atoms with Gasteiger partial charge in [-0.2, -0.15) is 0 Å². The first-order valence-electron chi connectivity index (χ1n) is 12.4. The Kier molecular flexibility index (Phi) is 8.27. The van der Waals surface area contributed by atoms with E-state index in [0.717, 1.165) is 43.1 Å². The number of morpholine rings is 1. The number of rotatable bonds is 6. The van der Waals surface area contributed by atoms with Crippen molar-refractivity contribution in [2.24, 2.45) is 3.15 Å². The zero-order valence-corrected chi connectivity index (χ0v) is 27.2. The van der Waals surface area contributed by atoms with Gasteiger partial charge < -0.3 is 0 Å². The molecule has 0 bridgehead atoms. The first-order chi connectivity index (χ1) is 18.6. The van der Waals surface area contributed by atoms with E-state index < -0.39 is 42.2 Å². The molecule has 6 rings (SSSR count). The molecule has 0 unspecified atom stereocenters. The molecule has 1 amide bonds. The second-order valence-corrected chi connectivity index (χ2v) is 14.0. The molecule has 211 valence electrons. The molecule has 1 saturated heterocycles. The van der Waals surface area contributed by atoms with Crippen molar-refractivity contribution in [1.82, 2.24) is 14.9 Å². The molecule has 4 heterocycles. The average Bonchev–Trinajstić information content (AvgIpc) is 3.29. The molecule has 1 aliphatic carbocycles. The Morgan fingerprint density at radius 1 is 1.15 bits per heavy atom. The van der Waals surface area contributed by atoms with E-state index >= 15 is 0 Å². The number of ether oxygens (including phenoxy) is 1. The first-order valence-corrected chi connectivity index (χ1v) is 16.6. The summed E-state index contributed by atoms with van der Waals surface area (Å²) >= 11 is -1.28. The molecule has 3 aliphatic heterocycles.